The number of aromatic nitrogens is 2. The Bertz CT molecular complexity index is 547. The zero-order chi connectivity index (χ0) is 13.1. The molecular weight excluding hydrogens is 242 g/mol. The predicted octanol–water partition coefficient (Wildman–Crippen LogP) is 1.28. The van der Waals surface area contributed by atoms with E-state index in [1.807, 2.05) is 36.1 Å². The van der Waals surface area contributed by atoms with Crippen molar-refractivity contribution in [3.8, 4) is 5.75 Å². The topological polar surface area (TPSA) is 39.5 Å². The highest BCUT2D eigenvalue weighted by Gasteiger charge is 2.09. The third-order valence-corrected chi connectivity index (χ3v) is 3.37. The van der Waals surface area contributed by atoms with Crippen LogP contribution in [-0.2, 0) is 11.8 Å². The van der Waals surface area contributed by atoms with Gasteiger partial charge in [0.05, 0.1) is 18.7 Å². The van der Waals surface area contributed by atoms with Crippen molar-refractivity contribution in [3.05, 3.63) is 24.4 Å². The maximum absolute atomic E-state index is 5.79. The van der Waals surface area contributed by atoms with Crippen LogP contribution in [0.5, 0.6) is 5.75 Å². The van der Waals surface area contributed by atoms with Gasteiger partial charge in [0, 0.05) is 44.3 Å². The van der Waals surface area contributed by atoms with Gasteiger partial charge in [-0.05, 0) is 12.1 Å². The smallest absolute Gasteiger partial charge is 0.121 e. The monoisotopic (exact) mass is 261 g/mol. The van der Waals surface area contributed by atoms with Gasteiger partial charge in [0.25, 0.3) is 0 Å². The van der Waals surface area contributed by atoms with Crippen molar-refractivity contribution in [2.75, 3.05) is 39.5 Å². The molecule has 5 heteroatoms. The summed E-state index contributed by atoms with van der Waals surface area (Å²) in [6, 6.07) is 6.05. The molecule has 1 aromatic carbocycles. The number of aryl methyl sites for hydroxylation is 1. The largest absolute Gasteiger partial charge is 0.492 e. The normalized spacial score (nSPS) is 16.9. The van der Waals surface area contributed by atoms with E-state index in [9.17, 15) is 0 Å². The summed E-state index contributed by atoms with van der Waals surface area (Å²) in [7, 11) is 1.93. The Morgan fingerprint density at radius 2 is 2.16 bits per heavy atom. The summed E-state index contributed by atoms with van der Waals surface area (Å²) in [6.07, 6.45) is 2.01. The third kappa shape index (κ3) is 3.05. The van der Waals surface area contributed by atoms with E-state index < -0.39 is 0 Å². The van der Waals surface area contributed by atoms with Gasteiger partial charge in [0.1, 0.15) is 12.4 Å². The third-order valence-electron chi connectivity index (χ3n) is 3.37. The molecule has 0 radical (unpaired) electrons. The molecule has 1 aliphatic rings. The fraction of sp³-hybridized carbons (Fsp3) is 0.500. The number of fused-ring (bicyclic) bond motifs is 1. The van der Waals surface area contributed by atoms with Gasteiger partial charge in [-0.15, -0.1) is 0 Å². The molecule has 0 N–H and O–H groups in total. The number of hydrogen-bond acceptors (Lipinski definition) is 4. The van der Waals surface area contributed by atoms with Crippen LogP contribution in [0.3, 0.4) is 0 Å². The van der Waals surface area contributed by atoms with Crippen LogP contribution in [-0.4, -0.2) is 54.1 Å². The van der Waals surface area contributed by atoms with Gasteiger partial charge in [0.2, 0.25) is 0 Å². The zero-order valence-electron chi connectivity index (χ0n) is 11.2. The minimum absolute atomic E-state index is 0.707. The van der Waals surface area contributed by atoms with E-state index in [0.29, 0.717) is 6.61 Å². The molecule has 1 saturated heterocycles. The Balaban J connectivity index is 1.55. The second kappa shape index (κ2) is 5.59. The van der Waals surface area contributed by atoms with Crippen molar-refractivity contribution in [2.24, 2.45) is 7.05 Å². The minimum atomic E-state index is 0.707. The Morgan fingerprint density at radius 3 is 3.00 bits per heavy atom. The summed E-state index contributed by atoms with van der Waals surface area (Å²) in [5.74, 6) is 0.888. The minimum Gasteiger partial charge on any atom is -0.492 e. The molecule has 2 aromatic rings. The molecule has 2 heterocycles. The molecule has 0 unspecified atom stereocenters. The highest BCUT2D eigenvalue weighted by molar-refractivity contribution is 5.79. The van der Waals surface area contributed by atoms with E-state index in [1.165, 1.54) is 0 Å². The molecule has 19 heavy (non-hydrogen) atoms. The maximum atomic E-state index is 5.79. The van der Waals surface area contributed by atoms with Crippen molar-refractivity contribution in [1.82, 2.24) is 14.7 Å². The van der Waals surface area contributed by atoms with E-state index in [0.717, 1.165) is 49.5 Å². The van der Waals surface area contributed by atoms with Crippen molar-refractivity contribution < 1.29 is 9.47 Å². The average molecular weight is 261 g/mol. The number of benzene rings is 1. The summed E-state index contributed by atoms with van der Waals surface area (Å²) in [5, 5.41) is 5.52. The first kappa shape index (κ1) is 12.4. The fourth-order valence-corrected chi connectivity index (χ4v) is 2.33. The van der Waals surface area contributed by atoms with Crippen molar-refractivity contribution >= 4 is 10.9 Å². The molecule has 1 fully saturated rings. The van der Waals surface area contributed by atoms with Crippen molar-refractivity contribution in [2.45, 2.75) is 0 Å². The highest BCUT2D eigenvalue weighted by atomic mass is 16.5. The number of nitrogens with zero attached hydrogens (tertiary/aromatic N) is 3. The lowest BCUT2D eigenvalue weighted by Gasteiger charge is -2.26. The first-order valence-corrected chi connectivity index (χ1v) is 6.67. The van der Waals surface area contributed by atoms with Crippen LogP contribution in [0.4, 0.5) is 0 Å². The Hall–Kier alpha value is -1.59. The standard InChI is InChI=1S/C14H19N3O2/c1-16-11-12-2-3-13(10-14(12)15-16)19-9-6-17-4-7-18-8-5-17/h2-3,10-11H,4-9H2,1H3. The fourth-order valence-electron chi connectivity index (χ4n) is 2.33. The second-order valence-corrected chi connectivity index (χ2v) is 4.83. The van der Waals surface area contributed by atoms with Gasteiger partial charge in [-0.1, -0.05) is 0 Å². The maximum Gasteiger partial charge on any atom is 0.121 e. The van der Waals surface area contributed by atoms with Crippen LogP contribution < -0.4 is 4.74 Å². The van der Waals surface area contributed by atoms with Gasteiger partial charge in [0.15, 0.2) is 0 Å². The summed E-state index contributed by atoms with van der Waals surface area (Å²) >= 11 is 0. The summed E-state index contributed by atoms with van der Waals surface area (Å²) in [4.78, 5) is 2.36. The molecule has 0 atom stereocenters. The van der Waals surface area contributed by atoms with Crippen molar-refractivity contribution in [1.29, 1.82) is 0 Å². The van der Waals surface area contributed by atoms with Gasteiger partial charge in [-0.3, -0.25) is 9.58 Å². The molecule has 1 aromatic heterocycles. The van der Waals surface area contributed by atoms with E-state index in [1.54, 1.807) is 0 Å². The van der Waals surface area contributed by atoms with Gasteiger partial charge >= 0.3 is 0 Å². The molecule has 102 valence electrons. The SMILES string of the molecule is Cn1cc2ccc(OCCN3CCOCC3)cc2n1. The Kier molecular flexibility index (Phi) is 3.66. The lowest BCUT2D eigenvalue weighted by molar-refractivity contribution is 0.0322. The summed E-state index contributed by atoms with van der Waals surface area (Å²) in [6.45, 7) is 5.33. The van der Waals surface area contributed by atoms with Crippen LogP contribution in [0.25, 0.3) is 10.9 Å². The molecule has 0 saturated carbocycles. The van der Waals surface area contributed by atoms with Crippen LogP contribution in [0, 0.1) is 0 Å². The van der Waals surface area contributed by atoms with E-state index in [-0.39, 0.29) is 0 Å². The molecule has 5 nitrogen and oxygen atoms in total. The average Bonchev–Trinajstić information content (AvgIpc) is 2.79. The van der Waals surface area contributed by atoms with Gasteiger partial charge in [-0.25, -0.2) is 0 Å². The molecule has 0 spiro atoms. The molecule has 3 rings (SSSR count). The highest BCUT2D eigenvalue weighted by Crippen LogP contribution is 2.19. The van der Waals surface area contributed by atoms with E-state index in [2.05, 4.69) is 10.00 Å². The molecule has 0 amide bonds. The number of morpholine rings is 1. The van der Waals surface area contributed by atoms with Gasteiger partial charge < -0.3 is 9.47 Å². The number of hydrogen-bond donors (Lipinski definition) is 0. The van der Waals surface area contributed by atoms with Crippen LogP contribution >= 0.6 is 0 Å². The first-order valence-electron chi connectivity index (χ1n) is 6.67. The van der Waals surface area contributed by atoms with E-state index in [4.69, 9.17) is 9.47 Å². The predicted molar refractivity (Wildman–Crippen MR) is 73.5 cm³/mol. The van der Waals surface area contributed by atoms with Crippen molar-refractivity contribution in [3.63, 3.8) is 0 Å². The van der Waals surface area contributed by atoms with Crippen LogP contribution in [0.2, 0.25) is 0 Å². The van der Waals surface area contributed by atoms with Crippen LogP contribution in [0.15, 0.2) is 24.4 Å². The number of ether oxygens (including phenoxy) is 2. The summed E-state index contributed by atoms with van der Waals surface area (Å²) in [5.41, 5.74) is 0.978. The lowest BCUT2D eigenvalue weighted by Crippen LogP contribution is -2.38. The quantitative estimate of drug-likeness (QED) is 0.831. The first-order chi connectivity index (χ1) is 9.31. The molecule has 0 bridgehead atoms. The van der Waals surface area contributed by atoms with E-state index >= 15 is 0 Å². The molecule has 1 aliphatic heterocycles. The molecular formula is C14H19N3O2. The Labute approximate surface area is 112 Å². The molecule has 0 aliphatic carbocycles. The summed E-state index contributed by atoms with van der Waals surface area (Å²) < 4.78 is 12.9. The lowest BCUT2D eigenvalue weighted by atomic mass is 10.2. The number of rotatable bonds is 4. The van der Waals surface area contributed by atoms with Crippen LogP contribution in [0.1, 0.15) is 0 Å². The zero-order valence-corrected chi connectivity index (χ0v) is 11.2. The Morgan fingerprint density at radius 1 is 1.32 bits per heavy atom. The second-order valence-electron chi connectivity index (χ2n) is 4.83. The van der Waals surface area contributed by atoms with Gasteiger partial charge in [-0.2, -0.15) is 5.10 Å².